The SMILES string of the molecule is C.CC(=O)Nc1cc2c(cc1[N+](=O)[O-])OC(C)(C)[C@@H](O)[C@@H]2N1CCCCC1. The van der Waals surface area contributed by atoms with Crippen molar-refractivity contribution >= 4 is 17.3 Å². The van der Waals surface area contributed by atoms with Crippen molar-refractivity contribution in [3.05, 3.63) is 27.8 Å². The number of ether oxygens (including phenoxy) is 1. The minimum atomic E-state index is -0.876. The van der Waals surface area contributed by atoms with Crippen molar-refractivity contribution in [2.75, 3.05) is 18.4 Å². The fourth-order valence-electron chi connectivity index (χ4n) is 3.83. The molecule has 1 amide bonds. The number of likely N-dealkylation sites (tertiary alicyclic amines) is 1. The number of carbonyl (C=O) groups excluding carboxylic acids is 1. The zero-order chi connectivity index (χ0) is 19.1. The van der Waals surface area contributed by atoms with Gasteiger partial charge in [-0.3, -0.25) is 19.8 Å². The summed E-state index contributed by atoms with van der Waals surface area (Å²) in [6.45, 7) is 6.57. The van der Waals surface area contributed by atoms with Crippen LogP contribution in [0.3, 0.4) is 0 Å². The van der Waals surface area contributed by atoms with Crippen LogP contribution < -0.4 is 10.1 Å². The van der Waals surface area contributed by atoms with Gasteiger partial charge < -0.3 is 15.2 Å². The van der Waals surface area contributed by atoms with Crippen LogP contribution in [0.4, 0.5) is 11.4 Å². The predicted octanol–water partition coefficient (Wildman–Crippen LogP) is 3.25. The average Bonchev–Trinajstić information content (AvgIpc) is 2.56. The number of nitrogens with zero attached hydrogens (tertiary/aromatic N) is 2. The summed E-state index contributed by atoms with van der Waals surface area (Å²) >= 11 is 0. The number of aliphatic hydroxyl groups excluding tert-OH is 1. The number of carbonyl (C=O) groups is 1. The molecule has 1 aromatic carbocycles. The topological polar surface area (TPSA) is 105 Å². The number of piperidine rings is 1. The molecule has 0 saturated carbocycles. The second-order valence-electron chi connectivity index (χ2n) is 7.54. The molecule has 0 aromatic heterocycles. The Hall–Kier alpha value is -2.19. The molecular weight excluding hydrogens is 350 g/mol. The van der Waals surface area contributed by atoms with E-state index in [0.717, 1.165) is 32.4 Å². The Morgan fingerprint density at radius 3 is 2.52 bits per heavy atom. The van der Waals surface area contributed by atoms with Gasteiger partial charge in [-0.15, -0.1) is 0 Å². The smallest absolute Gasteiger partial charge is 0.296 e. The van der Waals surface area contributed by atoms with Gasteiger partial charge in [0.2, 0.25) is 5.91 Å². The maximum Gasteiger partial charge on any atom is 0.296 e. The van der Waals surface area contributed by atoms with E-state index >= 15 is 0 Å². The van der Waals surface area contributed by atoms with Crippen LogP contribution in [-0.2, 0) is 4.79 Å². The Morgan fingerprint density at radius 1 is 1.33 bits per heavy atom. The van der Waals surface area contributed by atoms with E-state index in [1.807, 2.05) is 0 Å². The molecule has 2 atom stereocenters. The number of nitro groups is 1. The van der Waals surface area contributed by atoms with Gasteiger partial charge in [0, 0.05) is 12.5 Å². The minimum Gasteiger partial charge on any atom is -0.484 e. The summed E-state index contributed by atoms with van der Waals surface area (Å²) in [7, 11) is 0. The fraction of sp³-hybridized carbons (Fsp3) is 0.632. The first-order valence-electron chi connectivity index (χ1n) is 8.92. The van der Waals surface area contributed by atoms with Crippen LogP contribution in [0, 0.1) is 10.1 Å². The molecule has 0 radical (unpaired) electrons. The lowest BCUT2D eigenvalue weighted by Crippen LogP contribution is -2.54. The molecular formula is C19H29N3O5. The maximum absolute atomic E-state index is 11.5. The molecule has 1 saturated heterocycles. The first-order valence-corrected chi connectivity index (χ1v) is 8.92. The molecule has 8 nitrogen and oxygen atoms in total. The lowest BCUT2D eigenvalue weighted by Gasteiger charge is -2.47. The molecule has 2 heterocycles. The molecule has 0 aliphatic carbocycles. The Labute approximate surface area is 159 Å². The number of rotatable bonds is 3. The lowest BCUT2D eigenvalue weighted by atomic mass is 9.84. The van der Waals surface area contributed by atoms with E-state index in [1.165, 1.54) is 13.0 Å². The quantitative estimate of drug-likeness (QED) is 0.617. The summed E-state index contributed by atoms with van der Waals surface area (Å²) < 4.78 is 5.91. The van der Waals surface area contributed by atoms with Gasteiger partial charge in [-0.25, -0.2) is 0 Å². The van der Waals surface area contributed by atoms with Crippen LogP contribution in [0.15, 0.2) is 12.1 Å². The largest absolute Gasteiger partial charge is 0.484 e. The van der Waals surface area contributed by atoms with E-state index in [0.29, 0.717) is 11.3 Å². The van der Waals surface area contributed by atoms with Crippen molar-refractivity contribution in [1.29, 1.82) is 0 Å². The number of hydrogen-bond donors (Lipinski definition) is 2. The number of nitrogens with one attached hydrogen (secondary N) is 1. The maximum atomic E-state index is 11.5. The third kappa shape index (κ3) is 4.06. The third-order valence-electron chi connectivity index (χ3n) is 5.12. The molecule has 3 rings (SSSR count). The van der Waals surface area contributed by atoms with Gasteiger partial charge in [0.05, 0.1) is 17.0 Å². The number of fused-ring (bicyclic) bond motifs is 1. The van der Waals surface area contributed by atoms with Gasteiger partial charge in [-0.05, 0) is 45.8 Å². The van der Waals surface area contributed by atoms with Gasteiger partial charge in [0.25, 0.3) is 5.69 Å². The average molecular weight is 379 g/mol. The molecule has 150 valence electrons. The molecule has 2 aliphatic heterocycles. The molecule has 8 heteroatoms. The second kappa shape index (κ2) is 7.82. The van der Waals surface area contributed by atoms with Crippen LogP contribution in [0.2, 0.25) is 0 Å². The summed E-state index contributed by atoms with van der Waals surface area (Å²) in [5.74, 6) is -0.00291. The van der Waals surface area contributed by atoms with Crippen molar-refractivity contribution in [1.82, 2.24) is 4.90 Å². The molecule has 0 unspecified atom stereocenters. The highest BCUT2D eigenvalue weighted by molar-refractivity contribution is 5.91. The van der Waals surface area contributed by atoms with E-state index in [4.69, 9.17) is 4.74 Å². The van der Waals surface area contributed by atoms with Crippen molar-refractivity contribution in [2.24, 2.45) is 0 Å². The zero-order valence-corrected chi connectivity index (χ0v) is 15.3. The Bertz CT molecular complexity index is 728. The summed E-state index contributed by atoms with van der Waals surface area (Å²) in [6, 6.07) is 2.60. The van der Waals surface area contributed by atoms with E-state index in [-0.39, 0.29) is 30.8 Å². The van der Waals surface area contributed by atoms with E-state index in [2.05, 4.69) is 10.2 Å². The first-order chi connectivity index (χ1) is 12.2. The van der Waals surface area contributed by atoms with Crippen molar-refractivity contribution in [3.8, 4) is 5.75 Å². The normalized spacial score (nSPS) is 24.1. The summed E-state index contributed by atoms with van der Waals surface area (Å²) in [4.78, 5) is 24.6. The van der Waals surface area contributed by atoms with E-state index in [1.54, 1.807) is 19.9 Å². The number of aliphatic hydroxyl groups is 1. The highest BCUT2D eigenvalue weighted by atomic mass is 16.6. The van der Waals surface area contributed by atoms with Gasteiger partial charge >= 0.3 is 0 Å². The molecule has 0 spiro atoms. The van der Waals surface area contributed by atoms with Crippen LogP contribution in [0.1, 0.15) is 59.1 Å². The molecule has 1 fully saturated rings. The van der Waals surface area contributed by atoms with Crippen molar-refractivity contribution in [2.45, 2.75) is 65.2 Å². The number of amides is 1. The highest BCUT2D eigenvalue weighted by Gasteiger charge is 2.46. The highest BCUT2D eigenvalue weighted by Crippen LogP contribution is 2.47. The fourth-order valence-corrected chi connectivity index (χ4v) is 3.83. The minimum absolute atomic E-state index is 0. The molecule has 1 aromatic rings. The molecule has 0 bridgehead atoms. The van der Waals surface area contributed by atoms with Gasteiger partial charge in [-0.1, -0.05) is 13.8 Å². The Balaban J connectivity index is 0.00000261. The van der Waals surface area contributed by atoms with Gasteiger partial charge in [0.15, 0.2) is 0 Å². The standard InChI is InChI=1S/C18H25N3O5.CH4/c1-11(22)19-13-9-12-15(10-14(13)21(24)25)26-18(2,3)17(23)16(12)20-7-5-4-6-8-20;/h9-10,16-17,23H,4-8H2,1-3H3,(H,19,22);1H4/t16-,17+;/m1./s1. The van der Waals surface area contributed by atoms with Crippen LogP contribution in [-0.4, -0.2) is 45.6 Å². The predicted molar refractivity (Wildman–Crippen MR) is 103 cm³/mol. The molecule has 2 aliphatic rings. The number of benzene rings is 1. The zero-order valence-electron chi connectivity index (χ0n) is 15.3. The van der Waals surface area contributed by atoms with Crippen LogP contribution in [0.5, 0.6) is 5.75 Å². The first kappa shape index (κ1) is 21.1. The number of anilines is 1. The van der Waals surface area contributed by atoms with Gasteiger partial charge in [0.1, 0.15) is 23.1 Å². The Morgan fingerprint density at radius 2 is 1.96 bits per heavy atom. The van der Waals surface area contributed by atoms with E-state index in [9.17, 15) is 20.0 Å². The van der Waals surface area contributed by atoms with Gasteiger partial charge in [-0.2, -0.15) is 0 Å². The number of hydrogen-bond acceptors (Lipinski definition) is 6. The van der Waals surface area contributed by atoms with Crippen LogP contribution >= 0.6 is 0 Å². The summed E-state index contributed by atoms with van der Waals surface area (Å²) in [5, 5.41) is 24.9. The molecule has 2 N–H and O–H groups in total. The number of nitro benzene ring substituents is 1. The monoisotopic (exact) mass is 379 g/mol. The summed E-state index contributed by atoms with van der Waals surface area (Å²) in [5.41, 5.74) is -0.297. The van der Waals surface area contributed by atoms with Crippen molar-refractivity contribution in [3.63, 3.8) is 0 Å². The summed E-state index contributed by atoms with van der Waals surface area (Å²) in [6.07, 6.45) is 2.46. The van der Waals surface area contributed by atoms with Crippen LogP contribution in [0.25, 0.3) is 0 Å². The Kier molecular flexibility index (Phi) is 6.11. The van der Waals surface area contributed by atoms with Crippen molar-refractivity contribution < 1.29 is 19.6 Å². The molecule has 27 heavy (non-hydrogen) atoms. The lowest BCUT2D eigenvalue weighted by molar-refractivity contribution is -0.384. The van der Waals surface area contributed by atoms with E-state index < -0.39 is 16.6 Å². The third-order valence-corrected chi connectivity index (χ3v) is 5.12. The second-order valence-corrected chi connectivity index (χ2v) is 7.54.